The first-order valence-corrected chi connectivity index (χ1v) is 23.2. The smallest absolute Gasteiger partial charge is 0.171 e. The molecule has 6 rings (SSSR count). The lowest BCUT2D eigenvalue weighted by Gasteiger charge is -2.29. The van der Waals surface area contributed by atoms with Gasteiger partial charge < -0.3 is 18.6 Å². The topological polar surface area (TPSA) is 52.6 Å². The van der Waals surface area contributed by atoms with Crippen molar-refractivity contribution in [3.05, 3.63) is 156 Å². The molecule has 0 aliphatic carbocycles. The van der Waals surface area contributed by atoms with Gasteiger partial charge in [-0.05, 0) is 37.1 Å². The first kappa shape index (κ1) is 38.6. The van der Waals surface area contributed by atoms with Gasteiger partial charge in [-0.1, -0.05) is 176 Å². The quantitative estimate of drug-likeness (QED) is 0.0586. The van der Waals surface area contributed by atoms with Gasteiger partial charge in [0.2, 0.25) is 0 Å². The predicted molar refractivity (Wildman–Crippen MR) is 228 cm³/mol. The number of hydrogen-bond acceptors (Lipinski definition) is 4. The molecule has 0 atom stereocenters. The summed E-state index contributed by atoms with van der Waals surface area (Å²) in [4.78, 5) is 0. The Morgan fingerprint density at radius 2 is 0.731 bits per heavy atom. The van der Waals surface area contributed by atoms with Gasteiger partial charge in [-0.3, -0.25) is 0 Å². The zero-order valence-electron chi connectivity index (χ0n) is 28.1. The molecule has 0 bridgehead atoms. The first-order valence-electron chi connectivity index (χ1n) is 16.8. The van der Waals surface area contributed by atoms with Crippen LogP contribution in [0.2, 0.25) is 10.0 Å². The maximum Gasteiger partial charge on any atom is 0.171 e. The Balaban J connectivity index is 1.83. The second-order valence-corrected chi connectivity index (χ2v) is 19.8. The minimum Gasteiger partial charge on any atom is -0.491 e. The highest BCUT2D eigenvalue weighted by Crippen LogP contribution is 2.55. The Kier molecular flexibility index (Phi) is 13.2. The molecule has 0 saturated carbocycles. The summed E-state index contributed by atoms with van der Waals surface area (Å²) >= 11 is 21.3. The van der Waals surface area contributed by atoms with Crippen LogP contribution in [0, 0.1) is 0 Å². The van der Waals surface area contributed by atoms with Crippen LogP contribution in [0.25, 0.3) is 11.1 Å². The van der Waals surface area contributed by atoms with E-state index in [0.717, 1.165) is 0 Å². The lowest BCUT2D eigenvalue weighted by atomic mass is 10.0. The van der Waals surface area contributed by atoms with Crippen LogP contribution in [0.3, 0.4) is 0 Å². The number of alkyl halides is 2. The van der Waals surface area contributed by atoms with Crippen molar-refractivity contribution in [2.75, 3.05) is 23.9 Å². The van der Waals surface area contributed by atoms with Crippen molar-refractivity contribution in [1.29, 1.82) is 0 Å². The average molecular weight is 897 g/mol. The van der Waals surface area contributed by atoms with Crippen molar-refractivity contribution in [3.8, 4) is 22.6 Å². The lowest BCUT2D eigenvalue weighted by molar-refractivity contribution is 0.316. The van der Waals surface area contributed by atoms with Gasteiger partial charge >= 0.3 is 0 Å². The molecule has 0 amide bonds. The molecule has 0 radical (unpaired) electrons. The van der Waals surface area contributed by atoms with Gasteiger partial charge in [0.1, 0.15) is 11.5 Å². The largest absolute Gasteiger partial charge is 0.491 e. The van der Waals surface area contributed by atoms with Crippen LogP contribution in [0.1, 0.15) is 12.8 Å². The molecule has 0 aliphatic rings. The van der Waals surface area contributed by atoms with Crippen LogP contribution in [-0.2, 0) is 9.13 Å². The Hall–Kier alpha value is -3.08. The third kappa shape index (κ3) is 7.76. The van der Waals surface area contributed by atoms with E-state index in [2.05, 4.69) is 31.9 Å². The summed E-state index contributed by atoms with van der Waals surface area (Å²) < 4.78 is 45.8. The van der Waals surface area contributed by atoms with Crippen LogP contribution in [0.5, 0.6) is 11.5 Å². The molecule has 0 heterocycles. The van der Waals surface area contributed by atoms with Crippen molar-refractivity contribution >= 4 is 101 Å². The number of rotatable bonds is 15. The molecule has 10 heteroatoms. The third-order valence-corrected chi connectivity index (χ3v) is 16.6. The summed E-state index contributed by atoms with van der Waals surface area (Å²) in [5, 5.41) is 5.44. The average Bonchev–Trinajstić information content (AvgIpc) is 3.20. The Bertz CT molecular complexity index is 1960. The van der Waals surface area contributed by atoms with Gasteiger partial charge in [0.25, 0.3) is 0 Å². The van der Waals surface area contributed by atoms with Crippen molar-refractivity contribution in [2.45, 2.75) is 12.8 Å². The van der Waals surface area contributed by atoms with Crippen LogP contribution in [0.4, 0.5) is 0 Å². The first-order chi connectivity index (χ1) is 25.3. The van der Waals surface area contributed by atoms with E-state index in [-0.39, 0.29) is 0 Å². The molecule has 4 nitrogen and oxygen atoms in total. The molecule has 52 heavy (non-hydrogen) atoms. The summed E-state index contributed by atoms with van der Waals surface area (Å²) in [6, 6.07) is 44.7. The maximum absolute atomic E-state index is 16.3. The predicted octanol–water partition coefficient (Wildman–Crippen LogP) is 10.3. The van der Waals surface area contributed by atoms with Gasteiger partial charge in [0, 0.05) is 53.6 Å². The SMILES string of the molecule is O=P(c1ccccc1)(c1ccccc1)c1ccc(Cl)c(OCCCBr)c1-c1c(P(=O)(c2ccccc2)c2ccccc2)ccc(Cl)c1OCCCBr. The molecule has 0 spiro atoms. The third-order valence-electron chi connectivity index (χ3n) is 8.63. The van der Waals surface area contributed by atoms with E-state index in [1.807, 2.05) is 121 Å². The molecule has 6 aromatic rings. The van der Waals surface area contributed by atoms with Crippen LogP contribution < -0.4 is 41.3 Å². The van der Waals surface area contributed by atoms with E-state index in [0.29, 0.717) is 101 Å². The minimum atomic E-state index is -3.69. The molecule has 6 aromatic carbocycles. The fourth-order valence-electron chi connectivity index (χ4n) is 6.25. The highest BCUT2D eigenvalue weighted by molar-refractivity contribution is 9.09. The van der Waals surface area contributed by atoms with Gasteiger partial charge in [-0.25, -0.2) is 0 Å². The molecule has 0 aromatic heterocycles. The number of ether oxygens (including phenoxy) is 2. The van der Waals surface area contributed by atoms with E-state index in [1.165, 1.54) is 0 Å². The molecular weight excluding hydrogens is 861 g/mol. The fraction of sp³-hybridized carbons (Fsp3) is 0.143. The number of halogens is 4. The zero-order chi connectivity index (χ0) is 36.6. The summed E-state index contributed by atoms with van der Waals surface area (Å²) in [6.07, 6.45) is 1.36. The summed E-state index contributed by atoms with van der Waals surface area (Å²) in [6.45, 7) is 0.625. The second-order valence-electron chi connectivity index (χ2n) is 11.9. The fourth-order valence-corrected chi connectivity index (χ4v) is 12.8. The van der Waals surface area contributed by atoms with Gasteiger partial charge in [0.15, 0.2) is 14.3 Å². The van der Waals surface area contributed by atoms with E-state index in [4.69, 9.17) is 32.7 Å². The standard InChI is InChI=1S/C42H36Br2Cl2O4P2/c43-27-13-29-49-41-35(45)23-25-37(51(47,31-15-5-1-6-16-31)32-17-7-2-8-18-32)39(41)40-38(26-24-36(46)42(40)50-30-14-28-44)52(48,33-19-9-3-10-20-33)34-21-11-4-12-22-34/h1-12,15-26H,13-14,27-30H2. The van der Waals surface area contributed by atoms with Crippen molar-refractivity contribution < 1.29 is 18.6 Å². The van der Waals surface area contributed by atoms with E-state index < -0.39 is 14.3 Å². The number of benzene rings is 6. The van der Waals surface area contributed by atoms with E-state index >= 15 is 9.13 Å². The van der Waals surface area contributed by atoms with Crippen molar-refractivity contribution in [2.24, 2.45) is 0 Å². The van der Waals surface area contributed by atoms with Crippen LogP contribution >= 0.6 is 69.3 Å². The van der Waals surface area contributed by atoms with Crippen molar-refractivity contribution in [1.82, 2.24) is 0 Å². The summed E-state index contributed by atoms with van der Waals surface area (Å²) in [7, 11) is -7.38. The monoisotopic (exact) mass is 894 g/mol. The Labute approximate surface area is 332 Å². The lowest BCUT2D eigenvalue weighted by Crippen LogP contribution is -2.30. The Morgan fingerprint density at radius 3 is 1.00 bits per heavy atom. The Morgan fingerprint density at radius 1 is 0.442 bits per heavy atom. The summed E-state index contributed by atoms with van der Waals surface area (Å²) in [5.41, 5.74) is 0.855. The number of hydrogen-bond donors (Lipinski definition) is 0. The van der Waals surface area contributed by atoms with Gasteiger partial charge in [-0.15, -0.1) is 0 Å². The van der Waals surface area contributed by atoms with Gasteiger partial charge in [0.05, 0.1) is 23.3 Å². The molecule has 0 fully saturated rings. The summed E-state index contributed by atoms with van der Waals surface area (Å²) in [5.74, 6) is 0.627. The van der Waals surface area contributed by atoms with Crippen LogP contribution in [0.15, 0.2) is 146 Å². The normalized spacial score (nSPS) is 11.7. The van der Waals surface area contributed by atoms with Gasteiger partial charge in [-0.2, -0.15) is 0 Å². The highest BCUT2D eigenvalue weighted by atomic mass is 79.9. The molecular formula is C42H36Br2Cl2O4P2. The zero-order valence-corrected chi connectivity index (χ0v) is 34.6. The molecule has 266 valence electrons. The molecule has 0 N–H and O–H groups in total. The molecule has 0 aliphatic heterocycles. The molecule has 0 unspecified atom stereocenters. The molecule has 0 saturated heterocycles. The highest BCUT2D eigenvalue weighted by Gasteiger charge is 2.40. The van der Waals surface area contributed by atoms with E-state index in [9.17, 15) is 0 Å². The van der Waals surface area contributed by atoms with Crippen molar-refractivity contribution in [3.63, 3.8) is 0 Å². The minimum absolute atomic E-state index is 0.313. The van der Waals surface area contributed by atoms with E-state index in [1.54, 1.807) is 24.3 Å². The van der Waals surface area contributed by atoms with Crippen LogP contribution in [-0.4, -0.2) is 23.9 Å². The second kappa shape index (κ2) is 17.8. The maximum atomic E-state index is 16.3.